The number of hydrogen-bond acceptors (Lipinski definition) is 4. The molecule has 0 saturated carbocycles. The van der Waals surface area contributed by atoms with Crippen LogP contribution in [0.2, 0.25) is 0 Å². The second kappa shape index (κ2) is 5.57. The number of nitrogens with two attached hydrogens (primary N) is 1. The fourth-order valence-corrected chi connectivity index (χ4v) is 3.46. The summed E-state index contributed by atoms with van der Waals surface area (Å²) >= 11 is 3.20. The number of thiophene rings is 1. The number of halogens is 2. The van der Waals surface area contributed by atoms with E-state index in [9.17, 15) is 9.18 Å². The number of nitrogens with zero attached hydrogens (tertiary/aromatic N) is 1. The summed E-state index contributed by atoms with van der Waals surface area (Å²) < 4.78 is 13.7. The maximum absolute atomic E-state index is 13.1. The molecule has 1 amide bonds. The Balaban J connectivity index is 1.95. The zero-order chi connectivity index (χ0) is 15.0. The Morgan fingerprint density at radius 1 is 1.38 bits per heavy atom. The molecule has 0 spiro atoms. The Morgan fingerprint density at radius 2 is 2.19 bits per heavy atom. The van der Waals surface area contributed by atoms with Gasteiger partial charge >= 0.3 is 0 Å². The number of nitrogen functional groups attached to an aromatic ring is 1. The van der Waals surface area contributed by atoms with Gasteiger partial charge in [0.25, 0.3) is 5.91 Å². The second-order valence-electron chi connectivity index (χ2n) is 4.28. The van der Waals surface area contributed by atoms with Gasteiger partial charge in [-0.05, 0) is 52.9 Å². The van der Waals surface area contributed by atoms with Crippen LogP contribution < -0.4 is 11.1 Å². The van der Waals surface area contributed by atoms with Gasteiger partial charge in [0.2, 0.25) is 0 Å². The summed E-state index contributed by atoms with van der Waals surface area (Å²) in [7, 11) is 0. The lowest BCUT2D eigenvalue weighted by molar-refractivity contribution is 0.103. The predicted octanol–water partition coefficient (Wildman–Crippen LogP) is 3.87. The van der Waals surface area contributed by atoms with Gasteiger partial charge in [-0.15, -0.1) is 11.3 Å². The van der Waals surface area contributed by atoms with Crippen LogP contribution in [0.15, 0.2) is 36.5 Å². The Hall–Kier alpha value is -1.74. The molecule has 0 bridgehead atoms. The number of rotatable bonds is 2. The van der Waals surface area contributed by atoms with E-state index >= 15 is 0 Å². The van der Waals surface area contributed by atoms with E-state index in [1.807, 2.05) is 28.7 Å². The average Bonchev–Trinajstić information content (AvgIpc) is 2.80. The Labute approximate surface area is 137 Å². The molecule has 0 aliphatic rings. The van der Waals surface area contributed by atoms with E-state index in [0.29, 0.717) is 24.7 Å². The van der Waals surface area contributed by atoms with Gasteiger partial charge in [-0.3, -0.25) is 4.79 Å². The van der Waals surface area contributed by atoms with Gasteiger partial charge in [-0.1, -0.05) is 0 Å². The number of carbonyl (C=O) groups excluding carboxylic acids is 1. The van der Waals surface area contributed by atoms with Crippen molar-refractivity contribution in [2.45, 2.75) is 0 Å². The summed E-state index contributed by atoms with van der Waals surface area (Å²) in [6, 6.07) is 7.78. The van der Waals surface area contributed by atoms with E-state index in [2.05, 4.69) is 10.3 Å². The van der Waals surface area contributed by atoms with Gasteiger partial charge in [-0.2, -0.15) is 0 Å². The van der Waals surface area contributed by atoms with E-state index in [-0.39, 0.29) is 11.7 Å². The van der Waals surface area contributed by atoms with Crippen molar-refractivity contribution in [1.82, 2.24) is 4.98 Å². The lowest BCUT2D eigenvalue weighted by Crippen LogP contribution is -2.12. The van der Waals surface area contributed by atoms with Crippen LogP contribution in [0, 0.1) is 9.39 Å². The largest absolute Gasteiger partial charge is 0.397 e. The summed E-state index contributed by atoms with van der Waals surface area (Å²) in [6.45, 7) is 0. The standard InChI is InChI=1S/C14H9FIN3OS/c15-7-3-4-10(9(16)6-7)19-13(20)12-11(17)8-2-1-5-18-14(8)21-12/h1-6H,17H2,(H,19,20). The van der Waals surface area contributed by atoms with Gasteiger partial charge in [0.15, 0.2) is 0 Å². The third-order valence-electron chi connectivity index (χ3n) is 2.89. The minimum atomic E-state index is -0.344. The number of fused-ring (bicyclic) bond motifs is 1. The summed E-state index contributed by atoms with van der Waals surface area (Å²) in [6.07, 6.45) is 1.66. The summed E-state index contributed by atoms with van der Waals surface area (Å²) in [5.41, 5.74) is 6.97. The Morgan fingerprint density at radius 3 is 2.90 bits per heavy atom. The molecular weight excluding hydrogens is 404 g/mol. The van der Waals surface area contributed by atoms with Crippen molar-refractivity contribution in [2.75, 3.05) is 11.1 Å². The molecule has 0 unspecified atom stereocenters. The molecular formula is C14H9FIN3OS. The lowest BCUT2D eigenvalue weighted by Gasteiger charge is -2.06. The van der Waals surface area contributed by atoms with Crippen molar-refractivity contribution in [3.8, 4) is 0 Å². The highest BCUT2D eigenvalue weighted by Gasteiger charge is 2.17. The van der Waals surface area contributed by atoms with Gasteiger partial charge in [0.05, 0.1) is 11.4 Å². The molecule has 106 valence electrons. The number of benzene rings is 1. The third-order valence-corrected chi connectivity index (χ3v) is 4.91. The van der Waals surface area contributed by atoms with Crippen LogP contribution in [-0.4, -0.2) is 10.9 Å². The van der Waals surface area contributed by atoms with Crippen molar-refractivity contribution in [3.63, 3.8) is 0 Å². The quantitative estimate of drug-likeness (QED) is 0.627. The molecule has 3 rings (SSSR count). The fourth-order valence-electron chi connectivity index (χ4n) is 1.89. The molecule has 2 heterocycles. The van der Waals surface area contributed by atoms with Gasteiger partial charge in [0.1, 0.15) is 15.5 Å². The lowest BCUT2D eigenvalue weighted by atomic mass is 10.2. The number of anilines is 2. The molecule has 0 saturated heterocycles. The highest BCUT2D eigenvalue weighted by molar-refractivity contribution is 14.1. The highest BCUT2D eigenvalue weighted by atomic mass is 127. The second-order valence-corrected chi connectivity index (χ2v) is 6.44. The Kier molecular flexibility index (Phi) is 3.77. The molecule has 0 aliphatic heterocycles. The topological polar surface area (TPSA) is 68.0 Å². The molecule has 4 nitrogen and oxygen atoms in total. The Bertz CT molecular complexity index is 849. The normalized spacial score (nSPS) is 10.8. The molecule has 21 heavy (non-hydrogen) atoms. The summed E-state index contributed by atoms with van der Waals surface area (Å²) in [5, 5.41) is 3.51. The van der Waals surface area contributed by atoms with Crippen molar-refractivity contribution in [2.24, 2.45) is 0 Å². The first-order valence-electron chi connectivity index (χ1n) is 5.95. The third kappa shape index (κ3) is 2.70. The average molecular weight is 413 g/mol. The van der Waals surface area contributed by atoms with Crippen LogP contribution in [0.3, 0.4) is 0 Å². The van der Waals surface area contributed by atoms with Crippen LogP contribution in [0.5, 0.6) is 0 Å². The van der Waals surface area contributed by atoms with Crippen molar-refractivity contribution < 1.29 is 9.18 Å². The number of carbonyl (C=O) groups is 1. The molecule has 3 aromatic rings. The van der Waals surface area contributed by atoms with Crippen LogP contribution >= 0.6 is 33.9 Å². The number of aromatic nitrogens is 1. The van der Waals surface area contributed by atoms with E-state index < -0.39 is 0 Å². The van der Waals surface area contributed by atoms with Crippen LogP contribution in [-0.2, 0) is 0 Å². The first-order chi connectivity index (χ1) is 10.1. The molecule has 7 heteroatoms. The first-order valence-corrected chi connectivity index (χ1v) is 7.85. The van der Waals surface area contributed by atoms with E-state index in [4.69, 9.17) is 5.73 Å². The van der Waals surface area contributed by atoms with Crippen molar-refractivity contribution >= 4 is 61.4 Å². The van der Waals surface area contributed by atoms with Gasteiger partial charge in [-0.25, -0.2) is 9.37 Å². The predicted molar refractivity (Wildman–Crippen MR) is 91.1 cm³/mol. The number of hydrogen-bond donors (Lipinski definition) is 2. The molecule has 0 radical (unpaired) electrons. The zero-order valence-electron chi connectivity index (χ0n) is 10.6. The van der Waals surface area contributed by atoms with Gasteiger partial charge in [0, 0.05) is 15.2 Å². The molecule has 0 aliphatic carbocycles. The number of pyridine rings is 1. The molecule has 0 atom stereocenters. The van der Waals surface area contributed by atoms with Gasteiger partial charge < -0.3 is 11.1 Å². The maximum Gasteiger partial charge on any atom is 0.267 e. The fraction of sp³-hybridized carbons (Fsp3) is 0. The first kappa shape index (κ1) is 14.2. The molecule has 0 fully saturated rings. The highest BCUT2D eigenvalue weighted by Crippen LogP contribution is 2.32. The van der Waals surface area contributed by atoms with Crippen LogP contribution in [0.25, 0.3) is 10.2 Å². The minimum absolute atomic E-state index is 0.319. The number of amides is 1. The SMILES string of the molecule is Nc1c(C(=O)Nc2ccc(F)cc2I)sc2ncccc12. The molecule has 2 aromatic heterocycles. The number of nitrogens with one attached hydrogen (secondary N) is 1. The smallest absolute Gasteiger partial charge is 0.267 e. The monoisotopic (exact) mass is 413 g/mol. The van der Waals surface area contributed by atoms with Crippen molar-refractivity contribution in [3.05, 3.63) is 50.8 Å². The zero-order valence-corrected chi connectivity index (χ0v) is 13.5. The maximum atomic E-state index is 13.1. The minimum Gasteiger partial charge on any atom is -0.397 e. The van der Waals surface area contributed by atoms with Crippen molar-refractivity contribution in [1.29, 1.82) is 0 Å². The summed E-state index contributed by atoms with van der Waals surface area (Å²) in [5.74, 6) is -0.664. The van der Waals surface area contributed by atoms with E-state index in [0.717, 1.165) is 5.39 Å². The van der Waals surface area contributed by atoms with E-state index in [1.54, 1.807) is 12.3 Å². The van der Waals surface area contributed by atoms with Crippen LogP contribution in [0.1, 0.15) is 9.67 Å². The molecule has 1 aromatic carbocycles. The summed E-state index contributed by atoms with van der Waals surface area (Å²) in [4.78, 5) is 17.6. The van der Waals surface area contributed by atoms with Crippen LogP contribution in [0.4, 0.5) is 15.8 Å². The van der Waals surface area contributed by atoms with E-state index in [1.165, 1.54) is 29.5 Å². The molecule has 3 N–H and O–H groups in total.